The minimum Gasteiger partial charge on any atom is -0.497 e. The molecule has 1 amide bonds. The molecule has 1 unspecified atom stereocenters. The molecule has 2 heterocycles. The number of carbonyl (C=O) groups is 4. The SMILES string of the molecule is COc1ccc(C(Nc2nc(=O)n([C@@H]3C[C@H](OC(=O)c4ccc(C)cc4)[C@@H](COC(=O)c4ccc(C)cc4)O3)cc2CCNCCC(NC(=O)OC(C)(C)C)C(=O)OC(C)(C)C)(c2ccccc2)c2ccccc2)cc1. The molecule has 16 nitrogen and oxygen atoms in total. The van der Waals surface area contributed by atoms with Gasteiger partial charge in [0, 0.05) is 18.2 Å². The number of nitrogens with zero attached hydrogens (tertiary/aromatic N) is 2. The molecular weight excluding hydrogens is 967 g/mol. The zero-order chi connectivity index (χ0) is 54.6. The van der Waals surface area contributed by atoms with Gasteiger partial charge in [0.15, 0.2) is 0 Å². The first-order valence-electron chi connectivity index (χ1n) is 25.5. The largest absolute Gasteiger partial charge is 0.497 e. The molecule has 4 atom stereocenters. The molecular formula is C60H69N5O11. The van der Waals surface area contributed by atoms with Gasteiger partial charge in [0.2, 0.25) is 0 Å². The summed E-state index contributed by atoms with van der Waals surface area (Å²) in [5, 5.41) is 9.87. The van der Waals surface area contributed by atoms with Gasteiger partial charge in [-0.05, 0) is 134 Å². The lowest BCUT2D eigenvalue weighted by atomic mass is 9.77. The van der Waals surface area contributed by atoms with Crippen LogP contribution in [0.25, 0.3) is 0 Å². The van der Waals surface area contributed by atoms with Gasteiger partial charge in [-0.15, -0.1) is 0 Å². The van der Waals surface area contributed by atoms with E-state index < -0.39 is 70.9 Å². The number of amides is 1. The molecule has 0 radical (unpaired) electrons. The molecule has 0 aliphatic carbocycles. The lowest BCUT2D eigenvalue weighted by Gasteiger charge is -2.38. The summed E-state index contributed by atoms with van der Waals surface area (Å²) >= 11 is 0. The predicted octanol–water partition coefficient (Wildman–Crippen LogP) is 9.40. The third-order valence-corrected chi connectivity index (χ3v) is 12.5. The van der Waals surface area contributed by atoms with Crippen molar-refractivity contribution < 1.29 is 47.6 Å². The van der Waals surface area contributed by atoms with Crippen molar-refractivity contribution in [3.05, 3.63) is 195 Å². The average molecular weight is 1040 g/mol. The van der Waals surface area contributed by atoms with Crippen LogP contribution in [0.5, 0.6) is 5.75 Å². The van der Waals surface area contributed by atoms with Crippen molar-refractivity contribution in [2.45, 2.75) is 116 Å². The molecule has 76 heavy (non-hydrogen) atoms. The van der Waals surface area contributed by atoms with E-state index in [1.54, 1.807) is 91.2 Å². The molecule has 1 aliphatic heterocycles. The number of rotatable bonds is 20. The van der Waals surface area contributed by atoms with Crippen LogP contribution in [0.15, 0.2) is 144 Å². The summed E-state index contributed by atoms with van der Waals surface area (Å²) in [6.45, 7) is 14.6. The van der Waals surface area contributed by atoms with E-state index in [-0.39, 0.29) is 38.2 Å². The maximum Gasteiger partial charge on any atom is 0.408 e. The van der Waals surface area contributed by atoms with E-state index >= 15 is 0 Å². The van der Waals surface area contributed by atoms with Gasteiger partial charge in [0.05, 0.1) is 18.2 Å². The van der Waals surface area contributed by atoms with Crippen molar-refractivity contribution in [1.82, 2.24) is 20.2 Å². The van der Waals surface area contributed by atoms with Gasteiger partial charge in [0.1, 0.15) is 59.4 Å². The second-order valence-electron chi connectivity index (χ2n) is 20.8. The van der Waals surface area contributed by atoms with Crippen LogP contribution in [0.2, 0.25) is 0 Å². The van der Waals surface area contributed by atoms with Gasteiger partial charge in [-0.1, -0.05) is 108 Å². The monoisotopic (exact) mass is 1040 g/mol. The van der Waals surface area contributed by atoms with Crippen molar-refractivity contribution in [2.24, 2.45) is 0 Å². The highest BCUT2D eigenvalue weighted by Gasteiger charge is 2.42. The summed E-state index contributed by atoms with van der Waals surface area (Å²) in [6.07, 6.45) is -1.51. The standard InChI is InChI=1S/C60H69N5O11/c1-39-20-24-41(25-21-39)53(66)72-38-50-49(74-54(67)42-26-22-40(2)23-27-42)36-51(73-50)65-37-43(32-34-61-35-33-48(55(68)75-58(3,4)5)62-57(70)76-59(6,7)8)52(63-56(65)69)64-60(44-16-12-10-13-17-44,45-18-14-11-15-19-45)46-28-30-47(71-9)31-29-46/h10-31,37,48-51,61H,32-36,38H2,1-9H3,(H,62,70)(H,63,64,69)/t48?,49-,50+,51-/m0/s1. The van der Waals surface area contributed by atoms with Crippen LogP contribution in [-0.2, 0) is 40.4 Å². The van der Waals surface area contributed by atoms with Crippen molar-refractivity contribution >= 4 is 29.8 Å². The lowest BCUT2D eigenvalue weighted by Crippen LogP contribution is -2.47. The van der Waals surface area contributed by atoms with Crippen molar-refractivity contribution in [2.75, 3.05) is 32.1 Å². The lowest BCUT2D eigenvalue weighted by molar-refractivity contribution is -0.157. The number of anilines is 1. The average Bonchev–Trinajstić information content (AvgIpc) is 3.81. The minimum atomic E-state index is -1.12. The number of benzene rings is 5. The van der Waals surface area contributed by atoms with Gasteiger partial charge < -0.3 is 44.4 Å². The summed E-state index contributed by atoms with van der Waals surface area (Å²) in [4.78, 5) is 72.8. The number of methoxy groups -OCH3 is 1. The Morgan fingerprint density at radius 2 is 1.26 bits per heavy atom. The number of aromatic nitrogens is 2. The topological polar surface area (TPSA) is 195 Å². The third kappa shape index (κ3) is 14.7. The first-order chi connectivity index (χ1) is 36.2. The predicted molar refractivity (Wildman–Crippen MR) is 288 cm³/mol. The van der Waals surface area contributed by atoms with Crippen molar-refractivity contribution in [1.29, 1.82) is 0 Å². The fourth-order valence-corrected chi connectivity index (χ4v) is 8.76. The second kappa shape index (κ2) is 24.7. The van der Waals surface area contributed by atoms with Gasteiger partial charge in [-0.2, -0.15) is 4.98 Å². The number of ether oxygens (including phenoxy) is 6. The van der Waals surface area contributed by atoms with Crippen LogP contribution in [-0.4, -0.2) is 89.8 Å². The van der Waals surface area contributed by atoms with E-state index in [0.717, 1.165) is 27.8 Å². The van der Waals surface area contributed by atoms with Crippen LogP contribution >= 0.6 is 0 Å². The van der Waals surface area contributed by atoms with Crippen LogP contribution in [0.1, 0.15) is 115 Å². The Balaban J connectivity index is 1.25. The number of esters is 3. The number of carbonyl (C=O) groups excluding carboxylic acids is 4. The molecule has 5 aromatic carbocycles. The zero-order valence-corrected chi connectivity index (χ0v) is 44.7. The fraction of sp³-hybridized carbons (Fsp3) is 0.367. The molecule has 1 saturated heterocycles. The summed E-state index contributed by atoms with van der Waals surface area (Å²) in [6, 6.07) is 40.3. The molecule has 1 aliphatic rings. The number of nitrogens with one attached hydrogen (secondary N) is 3. The van der Waals surface area contributed by atoms with Gasteiger partial charge >= 0.3 is 29.7 Å². The highest BCUT2D eigenvalue weighted by atomic mass is 16.6. The van der Waals surface area contributed by atoms with Crippen molar-refractivity contribution in [3.8, 4) is 5.75 Å². The second-order valence-corrected chi connectivity index (χ2v) is 20.8. The summed E-state index contributed by atoms with van der Waals surface area (Å²) in [5.41, 5.74) is 2.34. The highest BCUT2D eigenvalue weighted by molar-refractivity contribution is 5.90. The minimum absolute atomic E-state index is 0.0247. The molecule has 16 heteroatoms. The molecule has 7 rings (SSSR count). The number of hydrogen-bond donors (Lipinski definition) is 3. The molecule has 3 N–H and O–H groups in total. The zero-order valence-electron chi connectivity index (χ0n) is 44.7. The van der Waals surface area contributed by atoms with Crippen LogP contribution in [0.3, 0.4) is 0 Å². The van der Waals surface area contributed by atoms with E-state index in [9.17, 15) is 24.0 Å². The van der Waals surface area contributed by atoms with Crippen LogP contribution in [0.4, 0.5) is 10.6 Å². The Morgan fingerprint density at radius 1 is 0.711 bits per heavy atom. The van der Waals surface area contributed by atoms with Gasteiger partial charge in [0.25, 0.3) is 0 Å². The van der Waals surface area contributed by atoms with Crippen LogP contribution < -0.4 is 26.4 Å². The van der Waals surface area contributed by atoms with Crippen molar-refractivity contribution in [3.63, 3.8) is 0 Å². The van der Waals surface area contributed by atoms with Crippen LogP contribution in [0, 0.1) is 13.8 Å². The van der Waals surface area contributed by atoms with Gasteiger partial charge in [-0.25, -0.2) is 24.0 Å². The van der Waals surface area contributed by atoms with E-state index in [1.807, 2.05) is 111 Å². The first kappa shape index (κ1) is 55.9. The molecule has 0 bridgehead atoms. The molecule has 0 saturated carbocycles. The van der Waals surface area contributed by atoms with E-state index in [1.165, 1.54) is 4.57 Å². The fourth-order valence-electron chi connectivity index (χ4n) is 8.76. The molecule has 1 aromatic heterocycles. The Hall–Kier alpha value is -7.82. The number of aryl methyl sites for hydroxylation is 2. The normalized spacial score (nSPS) is 16.0. The van der Waals surface area contributed by atoms with E-state index in [2.05, 4.69) is 16.0 Å². The molecule has 1 fully saturated rings. The summed E-state index contributed by atoms with van der Waals surface area (Å²) in [5.74, 6) is -0.872. The smallest absolute Gasteiger partial charge is 0.408 e. The van der Waals surface area contributed by atoms with Gasteiger partial charge in [-0.3, -0.25) is 4.57 Å². The first-order valence-corrected chi connectivity index (χ1v) is 25.5. The quantitative estimate of drug-likeness (QED) is 0.0283. The third-order valence-electron chi connectivity index (χ3n) is 12.5. The maximum atomic E-state index is 14.7. The summed E-state index contributed by atoms with van der Waals surface area (Å²) < 4.78 is 36.5. The Bertz CT molecular complexity index is 2930. The Kier molecular flexibility index (Phi) is 18.2. The number of alkyl carbamates (subject to hydrolysis) is 1. The molecule has 6 aromatic rings. The Morgan fingerprint density at radius 3 is 1.82 bits per heavy atom. The Labute approximate surface area is 444 Å². The summed E-state index contributed by atoms with van der Waals surface area (Å²) in [7, 11) is 1.61. The number of hydrogen-bond acceptors (Lipinski definition) is 14. The molecule has 400 valence electrons. The molecule has 0 spiro atoms. The van der Waals surface area contributed by atoms with E-state index in [4.69, 9.17) is 33.4 Å². The van der Waals surface area contributed by atoms with E-state index in [0.29, 0.717) is 29.0 Å². The highest BCUT2D eigenvalue weighted by Crippen LogP contribution is 2.41. The maximum absolute atomic E-state index is 14.7.